The molecule has 0 aromatic heterocycles. The van der Waals surface area contributed by atoms with Crippen molar-refractivity contribution in [1.82, 2.24) is 0 Å². The van der Waals surface area contributed by atoms with Gasteiger partial charge in [0.25, 0.3) is 0 Å². The van der Waals surface area contributed by atoms with Crippen molar-refractivity contribution >= 4 is 0 Å². The first-order valence-corrected chi connectivity index (χ1v) is 5.62. The molecule has 0 heteroatoms. The summed E-state index contributed by atoms with van der Waals surface area (Å²) in [5, 5.41) is 0. The molecule has 1 aliphatic rings. The van der Waals surface area contributed by atoms with Crippen molar-refractivity contribution in [3.05, 3.63) is 47.5 Å². The Kier molecular flexibility index (Phi) is 3.03. The average Bonchev–Trinajstić information content (AvgIpc) is 2.26. The van der Waals surface area contributed by atoms with Gasteiger partial charge in [-0.2, -0.15) is 0 Å². The predicted octanol–water partition coefficient (Wildman–Crippen LogP) is 3.68. The highest BCUT2D eigenvalue weighted by Crippen LogP contribution is 2.22. The van der Waals surface area contributed by atoms with E-state index in [0.29, 0.717) is 0 Å². The van der Waals surface area contributed by atoms with Crippen LogP contribution in [0.3, 0.4) is 0 Å². The maximum absolute atomic E-state index is 3.76. The van der Waals surface area contributed by atoms with Crippen LogP contribution in [-0.2, 0) is 19.3 Å². The third-order valence-electron chi connectivity index (χ3n) is 3.05. The van der Waals surface area contributed by atoms with Crippen LogP contribution in [0.2, 0.25) is 0 Å². The molecule has 1 aromatic rings. The van der Waals surface area contributed by atoms with E-state index in [9.17, 15) is 0 Å². The molecule has 14 heavy (non-hydrogen) atoms. The molecule has 0 bridgehead atoms. The molecule has 0 unspecified atom stereocenters. The van der Waals surface area contributed by atoms with Gasteiger partial charge in [0.05, 0.1) is 0 Å². The van der Waals surface area contributed by atoms with E-state index in [2.05, 4.69) is 24.8 Å². The zero-order valence-electron chi connectivity index (χ0n) is 8.76. The minimum Gasteiger partial charge on any atom is -0.103 e. The monoisotopic (exact) mass is 186 g/mol. The van der Waals surface area contributed by atoms with Crippen molar-refractivity contribution in [3.8, 4) is 0 Å². The Morgan fingerprint density at radius 1 is 1.14 bits per heavy atom. The van der Waals surface area contributed by atoms with Crippen molar-refractivity contribution < 1.29 is 0 Å². The Bertz CT molecular complexity index is 323. The quantitative estimate of drug-likeness (QED) is 0.632. The fraction of sp³-hybridized carbons (Fsp3) is 0.429. The zero-order valence-corrected chi connectivity index (χ0v) is 8.76. The van der Waals surface area contributed by atoms with Gasteiger partial charge in [-0.1, -0.05) is 24.3 Å². The van der Waals surface area contributed by atoms with Gasteiger partial charge in [0, 0.05) is 0 Å². The van der Waals surface area contributed by atoms with Gasteiger partial charge in [-0.3, -0.25) is 0 Å². The van der Waals surface area contributed by atoms with Gasteiger partial charge in [0.2, 0.25) is 0 Å². The summed E-state index contributed by atoms with van der Waals surface area (Å²) in [6, 6.07) is 7.01. The molecule has 0 spiro atoms. The van der Waals surface area contributed by atoms with E-state index in [1.165, 1.54) is 31.2 Å². The summed E-state index contributed by atoms with van der Waals surface area (Å²) in [5.41, 5.74) is 4.65. The van der Waals surface area contributed by atoms with E-state index < -0.39 is 0 Å². The van der Waals surface area contributed by atoms with Crippen molar-refractivity contribution in [2.75, 3.05) is 0 Å². The molecule has 1 aromatic carbocycles. The number of allylic oxidation sites excluding steroid dienone is 1. The summed E-state index contributed by atoms with van der Waals surface area (Å²) in [5.74, 6) is 0. The molecule has 0 saturated carbocycles. The molecule has 0 fully saturated rings. The van der Waals surface area contributed by atoms with Gasteiger partial charge < -0.3 is 0 Å². The Labute approximate surface area is 86.7 Å². The lowest BCUT2D eigenvalue weighted by Crippen LogP contribution is -2.03. The summed E-state index contributed by atoms with van der Waals surface area (Å²) >= 11 is 0. The van der Waals surface area contributed by atoms with Crippen LogP contribution in [0.1, 0.15) is 36.0 Å². The number of hydrogen-bond acceptors (Lipinski definition) is 0. The smallest absolute Gasteiger partial charge is 0.0244 e. The Balaban J connectivity index is 2.16. The molecule has 0 N–H and O–H groups in total. The summed E-state index contributed by atoms with van der Waals surface area (Å²) in [7, 11) is 0. The molecule has 0 heterocycles. The van der Waals surface area contributed by atoms with Crippen LogP contribution in [0.25, 0.3) is 0 Å². The molecule has 2 rings (SSSR count). The van der Waals surface area contributed by atoms with Gasteiger partial charge in [0.15, 0.2) is 0 Å². The van der Waals surface area contributed by atoms with Gasteiger partial charge in [-0.15, -0.1) is 6.58 Å². The molecular formula is C14H18. The van der Waals surface area contributed by atoms with Crippen LogP contribution >= 0.6 is 0 Å². The number of aryl methyl sites for hydroxylation is 3. The molecule has 0 nitrogen and oxygen atoms in total. The lowest BCUT2D eigenvalue weighted by molar-refractivity contribution is 0.684. The topological polar surface area (TPSA) is 0 Å². The highest BCUT2D eigenvalue weighted by Gasteiger charge is 2.08. The molecule has 0 amide bonds. The molecule has 1 aliphatic carbocycles. The molecular weight excluding hydrogens is 168 g/mol. The van der Waals surface area contributed by atoms with Crippen LogP contribution in [-0.4, -0.2) is 0 Å². The third-order valence-corrected chi connectivity index (χ3v) is 3.05. The summed E-state index contributed by atoms with van der Waals surface area (Å²) in [6.07, 6.45) is 9.57. The van der Waals surface area contributed by atoms with E-state index in [1.807, 2.05) is 6.08 Å². The minimum absolute atomic E-state index is 1.10. The fourth-order valence-corrected chi connectivity index (χ4v) is 2.21. The number of fused-ring (bicyclic) bond motifs is 1. The van der Waals surface area contributed by atoms with Crippen LogP contribution in [0.5, 0.6) is 0 Å². The first-order valence-electron chi connectivity index (χ1n) is 5.62. The third kappa shape index (κ3) is 2.06. The highest BCUT2D eigenvalue weighted by molar-refractivity contribution is 5.33. The Morgan fingerprint density at radius 3 is 2.71 bits per heavy atom. The van der Waals surface area contributed by atoms with Crippen LogP contribution in [0, 0.1) is 0 Å². The first-order chi connectivity index (χ1) is 6.90. The Hall–Kier alpha value is -1.04. The lowest BCUT2D eigenvalue weighted by atomic mass is 9.90. The Morgan fingerprint density at radius 2 is 1.93 bits per heavy atom. The van der Waals surface area contributed by atoms with E-state index in [1.54, 1.807) is 11.1 Å². The summed E-state index contributed by atoms with van der Waals surface area (Å²) in [4.78, 5) is 0. The van der Waals surface area contributed by atoms with Gasteiger partial charge in [-0.25, -0.2) is 0 Å². The minimum atomic E-state index is 1.10. The number of benzene rings is 1. The standard InChI is InChI=1S/C14H18/c1-2-3-6-12-9-10-13-7-4-5-8-14(13)11-12/h2,9-11H,1,3-8H2. The number of rotatable bonds is 3. The molecule has 74 valence electrons. The average molecular weight is 186 g/mol. The van der Waals surface area contributed by atoms with Crippen molar-refractivity contribution in [2.45, 2.75) is 38.5 Å². The van der Waals surface area contributed by atoms with Crippen LogP contribution < -0.4 is 0 Å². The second-order valence-electron chi connectivity index (χ2n) is 4.14. The second-order valence-corrected chi connectivity index (χ2v) is 4.14. The SMILES string of the molecule is C=CCCc1ccc2c(c1)CCCC2. The van der Waals surface area contributed by atoms with Gasteiger partial charge in [0.1, 0.15) is 0 Å². The molecule has 0 atom stereocenters. The summed E-state index contributed by atoms with van der Waals surface area (Å²) < 4.78 is 0. The zero-order chi connectivity index (χ0) is 9.80. The lowest BCUT2D eigenvalue weighted by Gasteiger charge is -2.16. The molecule has 0 aliphatic heterocycles. The fourth-order valence-electron chi connectivity index (χ4n) is 2.21. The van der Waals surface area contributed by atoms with Crippen molar-refractivity contribution in [2.24, 2.45) is 0 Å². The summed E-state index contributed by atoms with van der Waals surface area (Å²) in [6.45, 7) is 3.76. The van der Waals surface area contributed by atoms with Crippen molar-refractivity contribution in [3.63, 3.8) is 0 Å². The van der Waals surface area contributed by atoms with Crippen molar-refractivity contribution in [1.29, 1.82) is 0 Å². The van der Waals surface area contributed by atoms with E-state index in [0.717, 1.165) is 12.8 Å². The maximum atomic E-state index is 3.76. The van der Waals surface area contributed by atoms with E-state index >= 15 is 0 Å². The highest BCUT2D eigenvalue weighted by atomic mass is 14.1. The normalized spacial score (nSPS) is 14.9. The maximum Gasteiger partial charge on any atom is -0.0244 e. The van der Waals surface area contributed by atoms with Crippen LogP contribution in [0.4, 0.5) is 0 Å². The number of hydrogen-bond donors (Lipinski definition) is 0. The molecule has 0 radical (unpaired) electrons. The van der Waals surface area contributed by atoms with Gasteiger partial charge >= 0.3 is 0 Å². The van der Waals surface area contributed by atoms with Crippen LogP contribution in [0.15, 0.2) is 30.9 Å². The largest absolute Gasteiger partial charge is 0.103 e. The van der Waals surface area contributed by atoms with Gasteiger partial charge in [-0.05, 0) is 55.2 Å². The molecule has 0 saturated heterocycles. The van der Waals surface area contributed by atoms with E-state index in [-0.39, 0.29) is 0 Å². The van der Waals surface area contributed by atoms with E-state index in [4.69, 9.17) is 0 Å². The second kappa shape index (κ2) is 4.45. The first kappa shape index (κ1) is 9.51. The predicted molar refractivity (Wildman–Crippen MR) is 61.6 cm³/mol.